The summed E-state index contributed by atoms with van der Waals surface area (Å²) in [4.78, 5) is 16.0. The molecule has 94 valence electrons. The Balaban J connectivity index is 2.04. The Labute approximate surface area is 113 Å². The summed E-state index contributed by atoms with van der Waals surface area (Å²) in [6.07, 6.45) is 4.41. The van der Waals surface area contributed by atoms with Gasteiger partial charge in [-0.25, -0.2) is 9.37 Å². The largest absolute Gasteiger partial charge is 0.338 e. The van der Waals surface area contributed by atoms with E-state index in [0.29, 0.717) is 22.9 Å². The molecule has 18 heavy (non-hydrogen) atoms. The van der Waals surface area contributed by atoms with Crippen molar-refractivity contribution in [1.29, 1.82) is 0 Å². The zero-order valence-corrected chi connectivity index (χ0v) is 11.4. The summed E-state index contributed by atoms with van der Waals surface area (Å²) in [6.45, 7) is 0. The number of Topliss-reactive ketones (excluding diaryl/α,β-unsaturated/α-hetero) is 1. The topological polar surface area (TPSA) is 34.9 Å². The molecular weight excluding hydrogens is 299 g/mol. The van der Waals surface area contributed by atoms with Gasteiger partial charge in [0.15, 0.2) is 5.78 Å². The van der Waals surface area contributed by atoms with Crippen molar-refractivity contribution in [3.05, 3.63) is 52.3 Å². The van der Waals surface area contributed by atoms with Crippen molar-refractivity contribution in [2.24, 2.45) is 7.05 Å². The Morgan fingerprint density at radius 3 is 2.89 bits per heavy atom. The minimum absolute atomic E-state index is 0.0793. The molecule has 0 saturated carbocycles. The number of aryl methyl sites for hydroxylation is 2. The van der Waals surface area contributed by atoms with Gasteiger partial charge in [-0.3, -0.25) is 4.79 Å². The lowest BCUT2D eigenvalue weighted by Gasteiger charge is -2.03. The first-order valence-electron chi connectivity index (χ1n) is 5.52. The van der Waals surface area contributed by atoms with E-state index in [4.69, 9.17) is 0 Å². The molecule has 0 aliphatic carbocycles. The number of carbonyl (C=O) groups is 1. The van der Waals surface area contributed by atoms with E-state index in [1.807, 2.05) is 17.8 Å². The van der Waals surface area contributed by atoms with Crippen LogP contribution in [-0.2, 0) is 13.5 Å². The van der Waals surface area contributed by atoms with Gasteiger partial charge in [0.1, 0.15) is 11.6 Å². The van der Waals surface area contributed by atoms with Crippen molar-refractivity contribution in [2.75, 3.05) is 0 Å². The smallest absolute Gasteiger partial charge is 0.163 e. The van der Waals surface area contributed by atoms with Crippen molar-refractivity contribution < 1.29 is 9.18 Å². The van der Waals surface area contributed by atoms with Gasteiger partial charge >= 0.3 is 0 Å². The van der Waals surface area contributed by atoms with E-state index in [1.54, 1.807) is 18.3 Å². The predicted molar refractivity (Wildman–Crippen MR) is 70.0 cm³/mol. The molecule has 1 aromatic heterocycles. The third-order valence-electron chi connectivity index (χ3n) is 2.74. The summed E-state index contributed by atoms with van der Waals surface area (Å²) in [5.74, 6) is 0.350. The third-order valence-corrected chi connectivity index (χ3v) is 3.38. The fraction of sp³-hybridized carbons (Fsp3) is 0.231. The molecule has 0 aliphatic rings. The average molecular weight is 311 g/mol. The lowest BCUT2D eigenvalue weighted by Crippen LogP contribution is -2.05. The predicted octanol–water partition coefficient (Wildman–Crippen LogP) is 3.14. The van der Waals surface area contributed by atoms with Crippen LogP contribution in [0.25, 0.3) is 0 Å². The molecular formula is C13H12BrFN2O. The van der Waals surface area contributed by atoms with E-state index in [1.165, 1.54) is 6.07 Å². The highest BCUT2D eigenvalue weighted by molar-refractivity contribution is 9.10. The van der Waals surface area contributed by atoms with Gasteiger partial charge in [-0.1, -0.05) is 6.07 Å². The van der Waals surface area contributed by atoms with Crippen molar-refractivity contribution in [1.82, 2.24) is 9.55 Å². The molecule has 0 radical (unpaired) electrons. The lowest BCUT2D eigenvalue weighted by atomic mass is 10.1. The molecule has 3 nitrogen and oxygen atoms in total. The standard InChI is InChI=1S/C13H12BrFN2O/c1-17-7-6-16-13(17)5-4-12(18)9-2-3-10(14)11(15)8-9/h2-3,6-8H,4-5H2,1H3. The molecule has 1 aromatic carbocycles. The maximum absolute atomic E-state index is 13.3. The van der Waals surface area contributed by atoms with Crippen LogP contribution in [0.2, 0.25) is 0 Å². The molecule has 0 aliphatic heterocycles. The summed E-state index contributed by atoms with van der Waals surface area (Å²) in [6, 6.07) is 4.42. The molecule has 0 N–H and O–H groups in total. The Hall–Kier alpha value is -1.49. The van der Waals surface area contributed by atoms with Gasteiger partial charge in [0, 0.05) is 37.8 Å². The van der Waals surface area contributed by atoms with Crippen LogP contribution >= 0.6 is 15.9 Å². The van der Waals surface area contributed by atoms with Gasteiger partial charge in [-0.05, 0) is 28.1 Å². The second kappa shape index (κ2) is 5.44. The van der Waals surface area contributed by atoms with Crippen LogP contribution in [0.4, 0.5) is 4.39 Å². The normalized spacial score (nSPS) is 10.6. The van der Waals surface area contributed by atoms with Crippen LogP contribution in [0.15, 0.2) is 35.1 Å². The highest BCUT2D eigenvalue weighted by Crippen LogP contribution is 2.17. The molecule has 0 bridgehead atoms. The second-order valence-electron chi connectivity index (χ2n) is 4.01. The fourth-order valence-corrected chi connectivity index (χ4v) is 1.92. The number of nitrogens with zero attached hydrogens (tertiary/aromatic N) is 2. The highest BCUT2D eigenvalue weighted by Gasteiger charge is 2.10. The summed E-state index contributed by atoms with van der Waals surface area (Å²) in [5.41, 5.74) is 0.393. The molecule has 0 saturated heterocycles. The molecule has 0 spiro atoms. The van der Waals surface area contributed by atoms with E-state index >= 15 is 0 Å². The first-order chi connectivity index (χ1) is 8.58. The number of ketones is 1. The molecule has 0 atom stereocenters. The molecule has 0 fully saturated rings. The number of carbonyl (C=O) groups excluding carboxylic acids is 1. The maximum Gasteiger partial charge on any atom is 0.163 e. The number of benzene rings is 1. The van der Waals surface area contributed by atoms with Crippen LogP contribution in [0.1, 0.15) is 22.6 Å². The van der Waals surface area contributed by atoms with Crippen LogP contribution in [0.5, 0.6) is 0 Å². The molecule has 1 heterocycles. The van der Waals surface area contributed by atoms with Gasteiger partial charge < -0.3 is 4.57 Å². The van der Waals surface area contributed by atoms with Gasteiger partial charge in [0.2, 0.25) is 0 Å². The first-order valence-corrected chi connectivity index (χ1v) is 6.31. The maximum atomic E-state index is 13.3. The van der Waals surface area contributed by atoms with E-state index in [9.17, 15) is 9.18 Å². The number of rotatable bonds is 4. The number of imidazole rings is 1. The lowest BCUT2D eigenvalue weighted by molar-refractivity contribution is 0.0981. The fourth-order valence-electron chi connectivity index (χ4n) is 1.68. The van der Waals surface area contributed by atoms with Crippen molar-refractivity contribution in [2.45, 2.75) is 12.8 Å². The van der Waals surface area contributed by atoms with Crippen molar-refractivity contribution in [3.8, 4) is 0 Å². The summed E-state index contributed by atoms with van der Waals surface area (Å²) in [5, 5.41) is 0. The highest BCUT2D eigenvalue weighted by atomic mass is 79.9. The molecule has 2 rings (SSSR count). The monoisotopic (exact) mass is 310 g/mol. The van der Waals surface area contributed by atoms with Crippen LogP contribution in [0, 0.1) is 5.82 Å². The van der Waals surface area contributed by atoms with E-state index in [-0.39, 0.29) is 5.78 Å². The van der Waals surface area contributed by atoms with Gasteiger partial charge in [0.25, 0.3) is 0 Å². The Kier molecular flexibility index (Phi) is 3.91. The third kappa shape index (κ3) is 2.85. The molecule has 0 unspecified atom stereocenters. The Morgan fingerprint density at radius 2 is 2.28 bits per heavy atom. The van der Waals surface area contributed by atoms with Gasteiger partial charge in [-0.2, -0.15) is 0 Å². The number of halogens is 2. The average Bonchev–Trinajstić information content (AvgIpc) is 2.75. The van der Waals surface area contributed by atoms with Crippen molar-refractivity contribution >= 4 is 21.7 Å². The van der Waals surface area contributed by atoms with Crippen LogP contribution in [-0.4, -0.2) is 15.3 Å². The van der Waals surface area contributed by atoms with Crippen LogP contribution in [0.3, 0.4) is 0 Å². The van der Waals surface area contributed by atoms with Crippen LogP contribution < -0.4 is 0 Å². The first kappa shape index (κ1) is 13.0. The Morgan fingerprint density at radius 1 is 1.50 bits per heavy atom. The minimum Gasteiger partial charge on any atom is -0.338 e. The minimum atomic E-state index is -0.419. The zero-order valence-electron chi connectivity index (χ0n) is 9.86. The second-order valence-corrected chi connectivity index (χ2v) is 4.86. The molecule has 5 heteroatoms. The summed E-state index contributed by atoms with van der Waals surface area (Å²) < 4.78 is 15.5. The van der Waals surface area contributed by atoms with E-state index in [2.05, 4.69) is 20.9 Å². The van der Waals surface area contributed by atoms with Gasteiger partial charge in [-0.15, -0.1) is 0 Å². The summed E-state index contributed by atoms with van der Waals surface area (Å²) >= 11 is 3.06. The summed E-state index contributed by atoms with van der Waals surface area (Å²) in [7, 11) is 1.88. The van der Waals surface area contributed by atoms with E-state index in [0.717, 1.165) is 5.82 Å². The molecule has 0 amide bonds. The number of aromatic nitrogens is 2. The Bertz CT molecular complexity index is 580. The SMILES string of the molecule is Cn1ccnc1CCC(=O)c1ccc(Br)c(F)c1. The number of hydrogen-bond acceptors (Lipinski definition) is 2. The van der Waals surface area contributed by atoms with E-state index < -0.39 is 5.82 Å². The zero-order chi connectivity index (χ0) is 13.1. The quantitative estimate of drug-likeness (QED) is 0.813. The van der Waals surface area contributed by atoms with Gasteiger partial charge in [0.05, 0.1) is 4.47 Å². The molecule has 2 aromatic rings. The van der Waals surface area contributed by atoms with Crippen molar-refractivity contribution in [3.63, 3.8) is 0 Å². The number of hydrogen-bond donors (Lipinski definition) is 0.